The Labute approximate surface area is 127 Å². The molecule has 2 N–H and O–H groups in total. The van der Waals surface area contributed by atoms with Crippen LogP contribution in [-0.2, 0) is 0 Å². The van der Waals surface area contributed by atoms with Crippen LogP contribution in [0.1, 0.15) is 45.7 Å². The maximum absolute atomic E-state index is 10.3. The van der Waals surface area contributed by atoms with Crippen molar-refractivity contribution < 1.29 is 14.6 Å². The number of rotatable bonds is 5. The zero-order valence-corrected chi connectivity index (χ0v) is 13.5. The third kappa shape index (κ3) is 4.11. The lowest BCUT2D eigenvalue weighted by molar-refractivity contribution is 0.0122. The minimum absolute atomic E-state index is 0.146. The zero-order chi connectivity index (χ0) is 15.5. The van der Waals surface area contributed by atoms with Crippen LogP contribution in [0.15, 0.2) is 18.2 Å². The van der Waals surface area contributed by atoms with Crippen molar-refractivity contribution in [3.8, 4) is 11.5 Å². The highest BCUT2D eigenvalue weighted by molar-refractivity contribution is 5.44. The Balaban J connectivity index is 2.03. The fraction of sp³-hybridized carbons (Fsp3) is 0.647. The average Bonchev–Trinajstić information content (AvgIpc) is 2.69. The first-order valence-corrected chi connectivity index (χ1v) is 7.75. The van der Waals surface area contributed by atoms with E-state index in [1.807, 2.05) is 32.9 Å². The van der Waals surface area contributed by atoms with E-state index in [9.17, 15) is 5.11 Å². The second-order valence-electron chi connectivity index (χ2n) is 6.37. The van der Waals surface area contributed by atoms with Crippen LogP contribution in [0.4, 0.5) is 0 Å². The fourth-order valence-corrected chi connectivity index (χ4v) is 2.13. The molecule has 118 valence electrons. The van der Waals surface area contributed by atoms with E-state index in [2.05, 4.69) is 18.3 Å². The summed E-state index contributed by atoms with van der Waals surface area (Å²) in [4.78, 5) is 0. The summed E-state index contributed by atoms with van der Waals surface area (Å²) in [5, 5.41) is 13.7. The van der Waals surface area contributed by atoms with Gasteiger partial charge in [0.2, 0.25) is 0 Å². The van der Waals surface area contributed by atoms with Crippen molar-refractivity contribution in [2.75, 3.05) is 19.8 Å². The molecule has 2 unspecified atom stereocenters. The van der Waals surface area contributed by atoms with Crippen LogP contribution < -0.4 is 14.8 Å². The maximum Gasteiger partial charge on any atom is 0.161 e. The number of aliphatic hydroxyl groups is 1. The van der Waals surface area contributed by atoms with E-state index in [-0.39, 0.29) is 12.0 Å². The lowest BCUT2D eigenvalue weighted by Gasteiger charge is -2.30. The summed E-state index contributed by atoms with van der Waals surface area (Å²) in [5.41, 5.74) is 0.429. The summed E-state index contributed by atoms with van der Waals surface area (Å²) < 4.78 is 11.4. The van der Waals surface area contributed by atoms with Crippen molar-refractivity contribution in [1.82, 2.24) is 5.32 Å². The second kappa shape index (κ2) is 6.67. The van der Waals surface area contributed by atoms with Gasteiger partial charge in [-0.1, -0.05) is 19.9 Å². The van der Waals surface area contributed by atoms with Gasteiger partial charge in [0.15, 0.2) is 11.5 Å². The van der Waals surface area contributed by atoms with Crippen LogP contribution in [0.5, 0.6) is 11.5 Å². The first-order valence-electron chi connectivity index (χ1n) is 7.75. The number of hydrogen-bond acceptors (Lipinski definition) is 4. The molecule has 0 radical (unpaired) electrons. The monoisotopic (exact) mass is 293 g/mol. The molecule has 21 heavy (non-hydrogen) atoms. The van der Waals surface area contributed by atoms with Crippen LogP contribution in [0, 0.1) is 5.92 Å². The highest BCUT2D eigenvalue weighted by atomic mass is 16.5. The quantitative estimate of drug-likeness (QED) is 0.876. The van der Waals surface area contributed by atoms with Crippen molar-refractivity contribution >= 4 is 0 Å². The molecule has 1 aliphatic rings. The molecular formula is C17H27NO3. The molecule has 4 heteroatoms. The van der Waals surface area contributed by atoms with Crippen molar-refractivity contribution in [2.24, 2.45) is 5.92 Å². The number of hydrogen-bond donors (Lipinski definition) is 2. The van der Waals surface area contributed by atoms with Gasteiger partial charge in [0, 0.05) is 19.0 Å². The maximum atomic E-state index is 10.3. The third-order valence-corrected chi connectivity index (χ3v) is 4.28. The van der Waals surface area contributed by atoms with E-state index in [0.29, 0.717) is 19.8 Å². The van der Waals surface area contributed by atoms with Gasteiger partial charge in [-0.2, -0.15) is 0 Å². The lowest BCUT2D eigenvalue weighted by atomic mass is 9.92. The molecule has 1 aromatic rings. The SMILES string of the molecule is CC(NCC(C)(O)C(C)C)c1ccc2c(c1)OCCCO2. The molecule has 1 heterocycles. The number of nitrogens with one attached hydrogen (secondary N) is 1. The van der Waals surface area contributed by atoms with Crippen LogP contribution >= 0.6 is 0 Å². The Bertz CT molecular complexity index is 471. The van der Waals surface area contributed by atoms with Crippen LogP contribution in [0.3, 0.4) is 0 Å². The minimum Gasteiger partial charge on any atom is -0.490 e. The van der Waals surface area contributed by atoms with E-state index in [4.69, 9.17) is 9.47 Å². The number of benzene rings is 1. The molecular weight excluding hydrogens is 266 g/mol. The molecule has 0 amide bonds. The zero-order valence-electron chi connectivity index (χ0n) is 13.5. The van der Waals surface area contributed by atoms with E-state index in [0.717, 1.165) is 23.5 Å². The third-order valence-electron chi connectivity index (χ3n) is 4.28. The van der Waals surface area contributed by atoms with Gasteiger partial charge in [-0.05, 0) is 37.5 Å². The van der Waals surface area contributed by atoms with E-state index < -0.39 is 5.60 Å². The largest absolute Gasteiger partial charge is 0.490 e. The molecule has 0 saturated carbocycles. The van der Waals surface area contributed by atoms with Gasteiger partial charge in [-0.3, -0.25) is 0 Å². The Morgan fingerprint density at radius 3 is 2.52 bits per heavy atom. The van der Waals surface area contributed by atoms with Gasteiger partial charge in [-0.15, -0.1) is 0 Å². The topological polar surface area (TPSA) is 50.7 Å². The first-order chi connectivity index (χ1) is 9.90. The van der Waals surface area contributed by atoms with Gasteiger partial charge in [0.1, 0.15) is 0 Å². The summed E-state index contributed by atoms with van der Waals surface area (Å²) in [5.74, 6) is 1.84. The molecule has 0 bridgehead atoms. The van der Waals surface area contributed by atoms with Gasteiger partial charge < -0.3 is 19.9 Å². The van der Waals surface area contributed by atoms with E-state index in [1.165, 1.54) is 0 Å². The predicted octanol–water partition coefficient (Wildman–Crippen LogP) is 2.91. The van der Waals surface area contributed by atoms with Crippen molar-refractivity contribution in [1.29, 1.82) is 0 Å². The minimum atomic E-state index is -0.709. The van der Waals surface area contributed by atoms with Crippen LogP contribution in [0.25, 0.3) is 0 Å². The molecule has 2 rings (SSSR count). The molecule has 0 fully saturated rings. The lowest BCUT2D eigenvalue weighted by Crippen LogP contribution is -2.42. The Morgan fingerprint density at radius 1 is 1.19 bits per heavy atom. The van der Waals surface area contributed by atoms with Gasteiger partial charge in [0.05, 0.1) is 18.8 Å². The summed E-state index contributed by atoms with van der Waals surface area (Å²) in [6.45, 7) is 9.97. The van der Waals surface area contributed by atoms with E-state index >= 15 is 0 Å². The van der Waals surface area contributed by atoms with E-state index in [1.54, 1.807) is 0 Å². The molecule has 4 nitrogen and oxygen atoms in total. The predicted molar refractivity (Wildman–Crippen MR) is 83.9 cm³/mol. The summed E-state index contributed by atoms with van der Waals surface area (Å²) >= 11 is 0. The number of fused-ring (bicyclic) bond motifs is 1. The standard InChI is InChI=1S/C17H27NO3/c1-12(2)17(4,19)11-18-13(3)14-6-7-15-16(10-14)21-9-5-8-20-15/h6-7,10,12-13,18-19H,5,8-9,11H2,1-4H3. The van der Waals surface area contributed by atoms with Crippen molar-refractivity contribution in [3.63, 3.8) is 0 Å². The van der Waals surface area contributed by atoms with Gasteiger partial charge >= 0.3 is 0 Å². The molecule has 0 spiro atoms. The smallest absolute Gasteiger partial charge is 0.161 e. The average molecular weight is 293 g/mol. The highest BCUT2D eigenvalue weighted by Gasteiger charge is 2.25. The normalized spacial score (nSPS) is 19.0. The van der Waals surface area contributed by atoms with Gasteiger partial charge in [-0.25, -0.2) is 0 Å². The molecule has 0 aliphatic carbocycles. The molecule has 1 aliphatic heterocycles. The summed E-state index contributed by atoms with van der Waals surface area (Å²) in [6, 6.07) is 6.19. The van der Waals surface area contributed by atoms with Crippen molar-refractivity contribution in [3.05, 3.63) is 23.8 Å². The Kier molecular flexibility index (Phi) is 5.12. The number of ether oxygens (including phenoxy) is 2. The Morgan fingerprint density at radius 2 is 1.86 bits per heavy atom. The fourth-order valence-electron chi connectivity index (χ4n) is 2.13. The Hall–Kier alpha value is -1.26. The first kappa shape index (κ1) is 16.1. The second-order valence-corrected chi connectivity index (χ2v) is 6.37. The summed E-state index contributed by atoms with van der Waals surface area (Å²) in [7, 11) is 0. The van der Waals surface area contributed by atoms with Crippen LogP contribution in [-0.4, -0.2) is 30.5 Å². The molecule has 2 atom stereocenters. The highest BCUT2D eigenvalue weighted by Crippen LogP contribution is 2.32. The van der Waals surface area contributed by atoms with Gasteiger partial charge in [0.25, 0.3) is 0 Å². The summed E-state index contributed by atoms with van der Waals surface area (Å²) in [6.07, 6.45) is 0.912. The van der Waals surface area contributed by atoms with Crippen LogP contribution in [0.2, 0.25) is 0 Å². The molecule has 0 aromatic heterocycles. The molecule has 0 saturated heterocycles. The molecule has 1 aromatic carbocycles. The van der Waals surface area contributed by atoms with Crippen molar-refractivity contribution in [2.45, 2.75) is 45.8 Å².